The summed E-state index contributed by atoms with van der Waals surface area (Å²) >= 11 is 1.49. The second-order valence-electron chi connectivity index (χ2n) is 9.84. The molecule has 212 valence electrons. The van der Waals surface area contributed by atoms with Gasteiger partial charge in [-0.2, -0.15) is 0 Å². The number of methoxy groups -OCH3 is 1. The van der Waals surface area contributed by atoms with E-state index in [4.69, 9.17) is 4.74 Å². The molecule has 0 N–H and O–H groups in total. The van der Waals surface area contributed by atoms with Crippen LogP contribution >= 0.6 is 23.7 Å². The zero-order chi connectivity index (χ0) is 28.2. The Morgan fingerprint density at radius 3 is 2.32 bits per heavy atom. The summed E-state index contributed by atoms with van der Waals surface area (Å²) in [5.74, 6) is 0.185. The van der Waals surface area contributed by atoms with Gasteiger partial charge >= 0.3 is 0 Å². The molecule has 0 saturated carbocycles. The van der Waals surface area contributed by atoms with E-state index in [2.05, 4.69) is 17.0 Å². The Labute approximate surface area is 249 Å². The summed E-state index contributed by atoms with van der Waals surface area (Å²) in [7, 11) is 3.65. The third-order valence-electron chi connectivity index (χ3n) is 7.00. The second-order valence-corrected chi connectivity index (χ2v) is 10.8. The number of halogens is 2. The first kappa shape index (κ1) is 30.2. The van der Waals surface area contributed by atoms with Crippen LogP contribution in [-0.4, -0.2) is 29.4 Å². The van der Waals surface area contributed by atoms with Gasteiger partial charge in [0.05, 0.1) is 24.6 Å². The molecule has 0 radical (unpaired) electrons. The van der Waals surface area contributed by atoms with Gasteiger partial charge in [-0.25, -0.2) is 4.39 Å². The number of nitrogens with zero attached hydrogens (tertiary/aromatic N) is 2. The van der Waals surface area contributed by atoms with Crippen molar-refractivity contribution in [1.82, 2.24) is 9.47 Å². The van der Waals surface area contributed by atoms with Gasteiger partial charge in [0.1, 0.15) is 16.4 Å². The lowest BCUT2D eigenvalue weighted by Crippen LogP contribution is -2.22. The Kier molecular flexibility index (Phi) is 9.76. The third-order valence-corrected chi connectivity index (χ3v) is 8.32. The zero-order valence-electron chi connectivity index (χ0n) is 23.2. The monoisotopic (exact) mass is 590 g/mol. The summed E-state index contributed by atoms with van der Waals surface area (Å²) in [6.07, 6.45) is 1.81. The molecule has 0 unspecified atom stereocenters. The zero-order valence-corrected chi connectivity index (χ0v) is 24.9. The van der Waals surface area contributed by atoms with Crippen LogP contribution in [0.4, 0.5) is 4.39 Å². The second kappa shape index (κ2) is 13.3. The molecule has 0 aliphatic carbocycles. The molecule has 5 nitrogen and oxygen atoms in total. The van der Waals surface area contributed by atoms with Crippen LogP contribution < -0.4 is 10.2 Å². The summed E-state index contributed by atoms with van der Waals surface area (Å²) in [6, 6.07) is 24.5. The Hall–Kier alpha value is -3.78. The molecule has 3 aromatic carbocycles. The van der Waals surface area contributed by atoms with Gasteiger partial charge in [-0.15, -0.1) is 23.7 Å². The maximum atomic E-state index is 14.7. The van der Waals surface area contributed by atoms with Crippen molar-refractivity contribution in [2.24, 2.45) is 0 Å². The van der Waals surface area contributed by atoms with Crippen molar-refractivity contribution in [3.63, 3.8) is 0 Å². The van der Waals surface area contributed by atoms with Crippen LogP contribution in [0.1, 0.15) is 40.4 Å². The number of aromatic nitrogens is 1. The van der Waals surface area contributed by atoms with Gasteiger partial charge in [0.2, 0.25) is 5.43 Å². The SMILES string of the molecule is CCC(=O)c1cn(Cc2ccccc2F)c2sc(-c3ccc(OC)cc3)c(CN(C)Cc3ccccc3)c2c1=O.Cl. The summed E-state index contributed by atoms with van der Waals surface area (Å²) < 4.78 is 21.9. The Morgan fingerprint density at radius 2 is 1.66 bits per heavy atom. The van der Waals surface area contributed by atoms with Crippen LogP contribution in [0.2, 0.25) is 0 Å². The maximum absolute atomic E-state index is 14.7. The van der Waals surface area contributed by atoms with Crippen LogP contribution in [0.25, 0.3) is 20.7 Å². The Morgan fingerprint density at radius 1 is 0.976 bits per heavy atom. The molecule has 0 amide bonds. The molecule has 0 saturated heterocycles. The highest BCUT2D eigenvalue weighted by Crippen LogP contribution is 2.39. The lowest BCUT2D eigenvalue weighted by molar-refractivity contribution is 0.0986. The highest BCUT2D eigenvalue weighted by Gasteiger charge is 2.24. The Balaban J connectivity index is 0.00000387. The van der Waals surface area contributed by atoms with Gasteiger partial charge in [-0.05, 0) is 54.1 Å². The number of pyridine rings is 1. The normalized spacial score (nSPS) is 11.0. The highest BCUT2D eigenvalue weighted by molar-refractivity contribution is 7.22. The van der Waals surface area contributed by atoms with Crippen molar-refractivity contribution >= 4 is 39.7 Å². The lowest BCUT2D eigenvalue weighted by Gasteiger charge is -2.18. The first-order chi connectivity index (χ1) is 19.4. The number of carbonyl (C=O) groups excluding carboxylic acids is 1. The average Bonchev–Trinajstić information content (AvgIpc) is 3.35. The van der Waals surface area contributed by atoms with Gasteiger partial charge in [-0.1, -0.05) is 55.5 Å². The van der Waals surface area contributed by atoms with Crippen molar-refractivity contribution in [3.8, 4) is 16.2 Å². The molecule has 8 heteroatoms. The fourth-order valence-corrected chi connectivity index (χ4v) is 6.25. The number of hydrogen-bond donors (Lipinski definition) is 0. The third kappa shape index (κ3) is 6.43. The van der Waals surface area contributed by atoms with Crippen LogP contribution in [0.15, 0.2) is 89.9 Å². The fraction of sp³-hybridized carbons (Fsp3) is 0.212. The first-order valence-electron chi connectivity index (χ1n) is 13.2. The largest absolute Gasteiger partial charge is 0.497 e. The van der Waals surface area contributed by atoms with E-state index in [0.29, 0.717) is 24.0 Å². The quantitative estimate of drug-likeness (QED) is 0.157. The van der Waals surface area contributed by atoms with E-state index in [-0.39, 0.29) is 48.0 Å². The molecule has 0 atom stereocenters. The van der Waals surface area contributed by atoms with Crippen LogP contribution in [-0.2, 0) is 19.6 Å². The van der Waals surface area contributed by atoms with Crippen molar-refractivity contribution < 1.29 is 13.9 Å². The molecule has 0 aliphatic rings. The van der Waals surface area contributed by atoms with Crippen LogP contribution in [0, 0.1) is 5.82 Å². The standard InChI is InChI=1S/C33H31FN2O3S.ClH/c1-4-29(37)26-21-36(19-24-12-8-9-13-28(24)34)33-30(31(26)38)27(20-35(2)18-22-10-6-5-7-11-22)32(40-33)23-14-16-25(39-3)17-15-23;/h5-17,21H,4,18-20H2,1-3H3;1H. The molecule has 2 aromatic heterocycles. The summed E-state index contributed by atoms with van der Waals surface area (Å²) in [4.78, 5) is 30.8. The minimum Gasteiger partial charge on any atom is -0.497 e. The van der Waals surface area contributed by atoms with Gasteiger partial charge in [0.15, 0.2) is 5.78 Å². The number of Topliss-reactive ketones (excluding diaryl/α,β-unsaturated/α-hetero) is 1. The predicted molar refractivity (Wildman–Crippen MR) is 167 cm³/mol. The molecule has 41 heavy (non-hydrogen) atoms. The molecule has 0 bridgehead atoms. The van der Waals surface area contributed by atoms with E-state index in [0.717, 1.165) is 32.1 Å². The van der Waals surface area contributed by atoms with Gasteiger partial charge in [0, 0.05) is 36.1 Å². The molecule has 2 heterocycles. The fourth-order valence-electron chi connectivity index (χ4n) is 4.96. The minimum absolute atomic E-state index is 0. The molecular weight excluding hydrogens is 559 g/mol. The number of ether oxygens (including phenoxy) is 1. The van der Waals surface area contributed by atoms with Crippen molar-refractivity contribution in [1.29, 1.82) is 0 Å². The minimum atomic E-state index is -0.326. The van der Waals surface area contributed by atoms with E-state index in [9.17, 15) is 14.0 Å². The summed E-state index contributed by atoms with van der Waals surface area (Å²) in [6.45, 7) is 3.14. The average molecular weight is 591 g/mol. The van der Waals surface area contributed by atoms with Crippen molar-refractivity contribution in [2.75, 3.05) is 14.2 Å². The lowest BCUT2D eigenvalue weighted by atomic mass is 10.0. The number of rotatable bonds is 10. The van der Waals surface area contributed by atoms with E-state index < -0.39 is 0 Å². The number of hydrogen-bond acceptors (Lipinski definition) is 5. The topological polar surface area (TPSA) is 51.5 Å². The van der Waals surface area contributed by atoms with E-state index >= 15 is 0 Å². The first-order valence-corrected chi connectivity index (χ1v) is 14.0. The highest BCUT2D eigenvalue weighted by atomic mass is 35.5. The van der Waals surface area contributed by atoms with Crippen molar-refractivity contribution in [2.45, 2.75) is 33.0 Å². The van der Waals surface area contributed by atoms with Crippen molar-refractivity contribution in [3.05, 3.63) is 123 Å². The molecule has 0 spiro atoms. The van der Waals surface area contributed by atoms with E-state index in [1.807, 2.05) is 54.1 Å². The maximum Gasteiger partial charge on any atom is 0.201 e. The van der Waals surface area contributed by atoms with Gasteiger partial charge in [0.25, 0.3) is 0 Å². The molecule has 5 aromatic rings. The molecule has 5 rings (SSSR count). The Bertz CT molecular complexity index is 1720. The molecule has 0 fully saturated rings. The summed E-state index contributed by atoms with van der Waals surface area (Å²) in [5.41, 5.74) is 3.33. The molecular formula is C33H32ClFN2O3S. The number of fused-ring (bicyclic) bond motifs is 1. The number of benzene rings is 3. The van der Waals surface area contributed by atoms with E-state index in [1.165, 1.54) is 17.4 Å². The number of carbonyl (C=O) groups is 1. The smallest absolute Gasteiger partial charge is 0.201 e. The summed E-state index contributed by atoms with van der Waals surface area (Å²) in [5, 5.41) is 0.520. The predicted octanol–water partition coefficient (Wildman–Crippen LogP) is 7.57. The number of ketones is 1. The van der Waals surface area contributed by atoms with Crippen LogP contribution in [0.5, 0.6) is 5.75 Å². The number of thiophene rings is 1. The van der Waals surface area contributed by atoms with E-state index in [1.54, 1.807) is 38.4 Å². The van der Waals surface area contributed by atoms with Gasteiger partial charge < -0.3 is 9.30 Å². The van der Waals surface area contributed by atoms with Crippen LogP contribution in [0.3, 0.4) is 0 Å². The molecule has 0 aliphatic heterocycles. The van der Waals surface area contributed by atoms with Gasteiger partial charge in [-0.3, -0.25) is 14.5 Å².